The summed E-state index contributed by atoms with van der Waals surface area (Å²) in [6, 6.07) is 9.62. The van der Waals surface area contributed by atoms with Gasteiger partial charge in [-0.2, -0.15) is 0 Å². The monoisotopic (exact) mass is 363 g/mol. The minimum Gasteiger partial charge on any atom is -0.360 e. The molecule has 0 bridgehead atoms. The number of benzene rings is 1. The van der Waals surface area contributed by atoms with Crippen molar-refractivity contribution < 1.29 is 9.32 Å². The van der Waals surface area contributed by atoms with E-state index in [1.165, 1.54) is 12.1 Å². The van der Waals surface area contributed by atoms with E-state index in [0.717, 1.165) is 0 Å². The molecule has 0 aliphatic heterocycles. The van der Waals surface area contributed by atoms with Gasteiger partial charge < -0.3 is 15.2 Å². The Balaban J connectivity index is 1.69. The molecule has 3 rings (SSSR count). The SMILES string of the molecule is Cc1cc(Nc2ccc(C(=O)Nc3ccc(Cl)cc3Cl)nn2)no1. The third-order valence-electron chi connectivity index (χ3n) is 2.96. The van der Waals surface area contributed by atoms with Crippen molar-refractivity contribution in [3.8, 4) is 0 Å². The quantitative estimate of drug-likeness (QED) is 0.725. The summed E-state index contributed by atoms with van der Waals surface area (Å²) < 4.78 is 4.94. The fourth-order valence-electron chi connectivity index (χ4n) is 1.85. The summed E-state index contributed by atoms with van der Waals surface area (Å²) in [6.07, 6.45) is 0. The molecule has 0 saturated carbocycles. The molecule has 0 aliphatic rings. The van der Waals surface area contributed by atoms with Crippen molar-refractivity contribution in [3.05, 3.63) is 57.9 Å². The van der Waals surface area contributed by atoms with Crippen LogP contribution in [0.1, 0.15) is 16.2 Å². The van der Waals surface area contributed by atoms with Crippen LogP contribution in [0.25, 0.3) is 0 Å². The van der Waals surface area contributed by atoms with E-state index in [9.17, 15) is 4.79 Å². The van der Waals surface area contributed by atoms with Crippen LogP contribution in [-0.4, -0.2) is 21.3 Å². The number of nitrogens with one attached hydrogen (secondary N) is 2. The number of amides is 1. The minimum atomic E-state index is -0.435. The van der Waals surface area contributed by atoms with Gasteiger partial charge in [-0.05, 0) is 37.3 Å². The predicted molar refractivity (Wildman–Crippen MR) is 91.0 cm³/mol. The minimum absolute atomic E-state index is 0.142. The Morgan fingerprint density at radius 3 is 2.54 bits per heavy atom. The fraction of sp³-hybridized carbons (Fsp3) is 0.0667. The Bertz CT molecular complexity index is 880. The number of hydrogen-bond acceptors (Lipinski definition) is 6. The Morgan fingerprint density at radius 1 is 1.08 bits per heavy atom. The van der Waals surface area contributed by atoms with Crippen LogP contribution in [0.15, 0.2) is 40.9 Å². The van der Waals surface area contributed by atoms with Crippen molar-refractivity contribution in [1.82, 2.24) is 15.4 Å². The molecule has 2 N–H and O–H groups in total. The van der Waals surface area contributed by atoms with E-state index in [4.69, 9.17) is 27.7 Å². The molecule has 1 amide bonds. The van der Waals surface area contributed by atoms with Gasteiger partial charge in [0.25, 0.3) is 5.91 Å². The highest BCUT2D eigenvalue weighted by molar-refractivity contribution is 6.36. The van der Waals surface area contributed by atoms with Crippen LogP contribution in [0.2, 0.25) is 10.0 Å². The van der Waals surface area contributed by atoms with Gasteiger partial charge in [-0.3, -0.25) is 4.79 Å². The van der Waals surface area contributed by atoms with Crippen LogP contribution >= 0.6 is 23.2 Å². The number of halogens is 2. The Labute approximate surface area is 147 Å². The lowest BCUT2D eigenvalue weighted by molar-refractivity contribution is 0.102. The van der Waals surface area contributed by atoms with Crippen molar-refractivity contribution in [3.63, 3.8) is 0 Å². The molecule has 0 saturated heterocycles. The number of hydrogen-bond donors (Lipinski definition) is 2. The van der Waals surface area contributed by atoms with Gasteiger partial charge in [0.15, 0.2) is 17.3 Å². The molecule has 122 valence electrons. The highest BCUT2D eigenvalue weighted by Gasteiger charge is 2.11. The molecular weight excluding hydrogens is 353 g/mol. The number of aryl methyl sites for hydroxylation is 1. The first-order valence-electron chi connectivity index (χ1n) is 6.82. The molecule has 3 aromatic rings. The zero-order valence-electron chi connectivity index (χ0n) is 12.4. The number of carbonyl (C=O) groups excluding carboxylic acids is 1. The summed E-state index contributed by atoms with van der Waals surface area (Å²) in [6.45, 7) is 1.78. The Kier molecular flexibility index (Phi) is 4.64. The van der Waals surface area contributed by atoms with E-state index in [2.05, 4.69) is 26.0 Å². The molecule has 1 aromatic carbocycles. The molecule has 2 aromatic heterocycles. The molecule has 0 atom stereocenters. The lowest BCUT2D eigenvalue weighted by atomic mass is 10.3. The number of rotatable bonds is 4. The van der Waals surface area contributed by atoms with Crippen molar-refractivity contribution >= 4 is 46.4 Å². The number of nitrogens with zero attached hydrogens (tertiary/aromatic N) is 3. The zero-order valence-corrected chi connectivity index (χ0v) is 13.9. The van der Waals surface area contributed by atoms with Gasteiger partial charge in [0.2, 0.25) is 0 Å². The van der Waals surface area contributed by atoms with E-state index in [1.807, 2.05) is 0 Å². The average molecular weight is 364 g/mol. The first kappa shape index (κ1) is 16.2. The third-order valence-corrected chi connectivity index (χ3v) is 3.51. The lowest BCUT2D eigenvalue weighted by Crippen LogP contribution is -2.14. The molecule has 0 fully saturated rings. The van der Waals surface area contributed by atoms with E-state index in [0.29, 0.717) is 33.1 Å². The van der Waals surface area contributed by atoms with Crippen LogP contribution in [0.4, 0.5) is 17.3 Å². The molecule has 0 radical (unpaired) electrons. The van der Waals surface area contributed by atoms with Gasteiger partial charge in [-0.25, -0.2) is 0 Å². The zero-order chi connectivity index (χ0) is 17.1. The molecule has 0 aliphatic carbocycles. The van der Waals surface area contributed by atoms with Gasteiger partial charge in [0, 0.05) is 11.1 Å². The van der Waals surface area contributed by atoms with Crippen LogP contribution in [0, 0.1) is 6.92 Å². The predicted octanol–water partition coefficient (Wildman–Crippen LogP) is 4.08. The topological polar surface area (TPSA) is 92.9 Å². The summed E-state index contributed by atoms with van der Waals surface area (Å²) in [7, 11) is 0. The standard InChI is InChI=1S/C15H11Cl2N5O2/c1-8-6-14(22-24-8)19-13-5-4-12(20-21-13)15(23)18-11-3-2-9(16)7-10(11)17/h2-7H,1H3,(H,18,23)(H,19,21,22). The average Bonchev–Trinajstić information content (AvgIpc) is 2.96. The third kappa shape index (κ3) is 3.81. The molecule has 7 nitrogen and oxygen atoms in total. The Hall–Kier alpha value is -2.64. The van der Waals surface area contributed by atoms with E-state index < -0.39 is 5.91 Å². The van der Waals surface area contributed by atoms with Crippen LogP contribution in [0.5, 0.6) is 0 Å². The van der Waals surface area contributed by atoms with Crippen molar-refractivity contribution in [2.45, 2.75) is 6.92 Å². The second-order valence-electron chi connectivity index (χ2n) is 4.83. The first-order valence-corrected chi connectivity index (χ1v) is 7.57. The lowest BCUT2D eigenvalue weighted by Gasteiger charge is -2.07. The number of carbonyl (C=O) groups is 1. The van der Waals surface area contributed by atoms with Crippen LogP contribution < -0.4 is 10.6 Å². The maximum atomic E-state index is 12.2. The summed E-state index contributed by atoms with van der Waals surface area (Å²) in [5.41, 5.74) is 0.580. The van der Waals surface area contributed by atoms with Crippen molar-refractivity contribution in [1.29, 1.82) is 0 Å². The largest absolute Gasteiger partial charge is 0.360 e. The molecule has 9 heteroatoms. The second-order valence-corrected chi connectivity index (χ2v) is 5.67. The molecule has 0 spiro atoms. The second kappa shape index (κ2) is 6.86. The van der Waals surface area contributed by atoms with Crippen LogP contribution in [0.3, 0.4) is 0 Å². The van der Waals surface area contributed by atoms with Gasteiger partial charge in [-0.1, -0.05) is 28.4 Å². The van der Waals surface area contributed by atoms with E-state index in [-0.39, 0.29) is 5.69 Å². The van der Waals surface area contributed by atoms with Crippen LogP contribution in [-0.2, 0) is 0 Å². The molecule has 24 heavy (non-hydrogen) atoms. The van der Waals surface area contributed by atoms with Gasteiger partial charge >= 0.3 is 0 Å². The van der Waals surface area contributed by atoms with Gasteiger partial charge in [0.05, 0.1) is 10.7 Å². The fourth-order valence-corrected chi connectivity index (χ4v) is 2.31. The maximum absolute atomic E-state index is 12.2. The smallest absolute Gasteiger partial charge is 0.276 e. The van der Waals surface area contributed by atoms with Gasteiger partial charge in [-0.15, -0.1) is 10.2 Å². The first-order chi connectivity index (χ1) is 11.5. The van der Waals surface area contributed by atoms with Crippen molar-refractivity contribution in [2.24, 2.45) is 0 Å². The number of anilines is 3. The summed E-state index contributed by atoms with van der Waals surface area (Å²) in [5, 5.41) is 18.0. The summed E-state index contributed by atoms with van der Waals surface area (Å²) >= 11 is 11.8. The molecular formula is C15H11Cl2N5O2. The normalized spacial score (nSPS) is 10.5. The summed E-state index contributed by atoms with van der Waals surface area (Å²) in [4.78, 5) is 12.2. The van der Waals surface area contributed by atoms with Gasteiger partial charge in [0.1, 0.15) is 5.76 Å². The van der Waals surface area contributed by atoms with Crippen molar-refractivity contribution in [2.75, 3.05) is 10.6 Å². The highest BCUT2D eigenvalue weighted by atomic mass is 35.5. The summed E-state index contributed by atoms with van der Waals surface area (Å²) in [5.74, 6) is 1.17. The highest BCUT2D eigenvalue weighted by Crippen LogP contribution is 2.25. The maximum Gasteiger partial charge on any atom is 0.276 e. The molecule has 2 heterocycles. The van der Waals surface area contributed by atoms with E-state index >= 15 is 0 Å². The number of aromatic nitrogens is 3. The molecule has 0 unspecified atom stereocenters. The Morgan fingerprint density at radius 2 is 1.92 bits per heavy atom. The van der Waals surface area contributed by atoms with E-state index in [1.54, 1.807) is 31.2 Å².